The third kappa shape index (κ3) is 15.0. The minimum atomic E-state index is -0.797. The first-order valence-electron chi connectivity index (χ1n) is 17.7. The van der Waals surface area contributed by atoms with Crippen LogP contribution in [0, 0.1) is 30.3 Å². The molecule has 1 aliphatic heterocycles. The highest BCUT2D eigenvalue weighted by Gasteiger charge is 2.27. The molecule has 0 radical (unpaired) electrons. The van der Waals surface area contributed by atoms with Crippen molar-refractivity contribution >= 4 is 75.9 Å². The Morgan fingerprint density at radius 2 is 1.06 bits per heavy atom. The van der Waals surface area contributed by atoms with E-state index in [1.165, 1.54) is 33.5 Å². The van der Waals surface area contributed by atoms with Crippen LogP contribution in [0.15, 0.2) is 36.4 Å². The summed E-state index contributed by atoms with van der Waals surface area (Å²) < 4.78 is 29.2. The summed E-state index contributed by atoms with van der Waals surface area (Å²) in [7, 11) is 4.78. The molecule has 22 nitrogen and oxygen atoms in total. The number of aromatic hydroxyl groups is 1. The average molecular weight is 935 g/mol. The summed E-state index contributed by atoms with van der Waals surface area (Å²) in [5.74, 6) is -2.62. The van der Waals surface area contributed by atoms with Gasteiger partial charge in [-0.25, -0.2) is 19.2 Å². The third-order valence-electron chi connectivity index (χ3n) is 8.05. The first kappa shape index (κ1) is 51.9. The number of carbonyl (C=O) groups is 4. The van der Waals surface area contributed by atoms with E-state index in [-0.39, 0.29) is 50.9 Å². The summed E-state index contributed by atoms with van der Waals surface area (Å²) in [6, 6.07) is 6.65. The lowest BCUT2D eigenvalue weighted by Gasteiger charge is -2.35. The smallest absolute Gasteiger partial charge is 0.410 e. The van der Waals surface area contributed by atoms with E-state index in [0.717, 1.165) is 37.9 Å². The fourth-order valence-corrected chi connectivity index (χ4v) is 5.74. The van der Waals surface area contributed by atoms with Crippen molar-refractivity contribution in [2.24, 2.45) is 0 Å². The van der Waals surface area contributed by atoms with Crippen molar-refractivity contribution in [1.29, 1.82) is 0 Å². The highest BCUT2D eigenvalue weighted by Crippen LogP contribution is 2.37. The van der Waals surface area contributed by atoms with Gasteiger partial charge in [0.05, 0.1) is 66.5 Å². The van der Waals surface area contributed by atoms with Crippen LogP contribution in [-0.2, 0) is 18.9 Å². The lowest BCUT2D eigenvalue weighted by atomic mass is 10.2. The van der Waals surface area contributed by atoms with Gasteiger partial charge in [-0.05, 0) is 45.4 Å². The van der Waals surface area contributed by atoms with Gasteiger partial charge in [0.1, 0.15) is 22.8 Å². The minimum absolute atomic E-state index is 0.00753. The van der Waals surface area contributed by atoms with Crippen molar-refractivity contribution in [3.05, 3.63) is 98.5 Å². The molecule has 0 aromatic heterocycles. The summed E-state index contributed by atoms with van der Waals surface area (Å²) in [6.07, 6.45) is 0.330. The van der Waals surface area contributed by atoms with Crippen molar-refractivity contribution in [1.82, 2.24) is 9.80 Å². The molecular weight excluding hydrogens is 893 g/mol. The summed E-state index contributed by atoms with van der Waals surface area (Å²) >= 11 is 17.2. The predicted molar refractivity (Wildman–Crippen MR) is 221 cm³/mol. The zero-order chi connectivity index (χ0) is 47.1. The molecule has 0 aliphatic carbocycles. The second-order valence-electron chi connectivity index (χ2n) is 13.4. The van der Waals surface area contributed by atoms with Crippen LogP contribution in [-0.4, -0.2) is 127 Å². The van der Waals surface area contributed by atoms with E-state index in [1.807, 2.05) is 20.8 Å². The maximum atomic E-state index is 12.1. The van der Waals surface area contributed by atoms with Crippen molar-refractivity contribution in [3.8, 4) is 17.2 Å². The molecule has 62 heavy (non-hydrogen) atoms. The third-order valence-corrected chi connectivity index (χ3v) is 9.19. The van der Waals surface area contributed by atoms with Crippen LogP contribution in [0.3, 0.4) is 0 Å². The normalized spacial score (nSPS) is 12.3. The number of nitro groups is 3. The number of benzene rings is 3. The Kier molecular flexibility index (Phi) is 19.8. The number of piperazine rings is 1. The number of hydrogen-bond acceptors (Lipinski definition) is 18. The van der Waals surface area contributed by atoms with Crippen molar-refractivity contribution in [2.45, 2.75) is 32.8 Å². The second-order valence-corrected chi connectivity index (χ2v) is 14.5. The van der Waals surface area contributed by atoms with Gasteiger partial charge in [-0.2, -0.15) is 0 Å². The summed E-state index contributed by atoms with van der Waals surface area (Å²) in [5, 5.41) is 40.9. The number of hydrogen-bond donors (Lipinski definition) is 1. The first-order chi connectivity index (χ1) is 29.0. The van der Waals surface area contributed by atoms with Gasteiger partial charge in [0.15, 0.2) is 15.1 Å². The van der Waals surface area contributed by atoms with Crippen LogP contribution in [0.1, 0.15) is 58.3 Å². The fraction of sp³-hybridized carbons (Fsp3) is 0.405. The van der Waals surface area contributed by atoms with Gasteiger partial charge in [0.25, 0.3) is 17.1 Å². The highest BCUT2D eigenvalue weighted by molar-refractivity contribution is 6.35. The molecule has 338 valence electrons. The fourth-order valence-electron chi connectivity index (χ4n) is 5.07. The van der Waals surface area contributed by atoms with E-state index in [0.29, 0.717) is 32.6 Å². The Morgan fingerprint density at radius 1 is 0.661 bits per heavy atom. The van der Waals surface area contributed by atoms with E-state index in [9.17, 15) is 54.6 Å². The number of ether oxygens (including phenoxy) is 6. The van der Waals surface area contributed by atoms with Crippen molar-refractivity contribution in [3.63, 3.8) is 0 Å². The molecule has 0 saturated carbocycles. The van der Waals surface area contributed by atoms with Crippen LogP contribution in [0.5, 0.6) is 17.2 Å². The van der Waals surface area contributed by atoms with Crippen LogP contribution < -0.4 is 9.47 Å². The average Bonchev–Trinajstić information content (AvgIpc) is 3.22. The summed E-state index contributed by atoms with van der Waals surface area (Å²) in [5.41, 5.74) is -2.02. The number of nitro benzene ring substituents is 3. The standard InChI is InChI=1S/C20H28ClN3O7.C9H8ClNO5.C8H6ClNO5/c1-20(2,3)31-19(26)23-9-7-22(8-10-23)6-5-11-30-16-13-14(18(25)29-4)12-15(17(16)21)24(27)28;1-15-7-4-5(9(12)16-2)3-6(8(7)10)11(13)14;1-15-8(12)4-2-5(10(13)14)7(9)6(11)3-4/h12-13H,5-11H2,1-4H3;3-4H,1-2H3;2-3,11H,1H3. The van der Waals surface area contributed by atoms with Gasteiger partial charge >= 0.3 is 24.0 Å². The van der Waals surface area contributed by atoms with E-state index in [4.69, 9.17) is 49.0 Å². The van der Waals surface area contributed by atoms with Gasteiger partial charge < -0.3 is 38.4 Å². The molecule has 1 amide bonds. The van der Waals surface area contributed by atoms with E-state index in [2.05, 4.69) is 19.1 Å². The van der Waals surface area contributed by atoms with Crippen molar-refractivity contribution in [2.75, 3.05) is 67.8 Å². The Morgan fingerprint density at radius 3 is 1.47 bits per heavy atom. The molecule has 3 aromatic rings. The van der Waals surface area contributed by atoms with Gasteiger partial charge in [0.2, 0.25) is 0 Å². The molecule has 1 aliphatic rings. The molecule has 1 N–H and O–H groups in total. The zero-order valence-corrected chi connectivity index (χ0v) is 36.5. The second kappa shape index (κ2) is 23.7. The Hall–Kier alpha value is -6.23. The lowest BCUT2D eigenvalue weighted by Crippen LogP contribution is -2.50. The summed E-state index contributed by atoms with van der Waals surface area (Å²) in [6.45, 7) is 9.07. The van der Waals surface area contributed by atoms with Crippen LogP contribution >= 0.6 is 34.8 Å². The molecule has 3 aromatic carbocycles. The van der Waals surface area contributed by atoms with Crippen LogP contribution in [0.4, 0.5) is 21.9 Å². The van der Waals surface area contributed by atoms with Gasteiger partial charge in [0, 0.05) is 50.9 Å². The van der Waals surface area contributed by atoms with Gasteiger partial charge in [-0.15, -0.1) is 0 Å². The Labute approximate surface area is 368 Å². The number of phenols is 1. The molecule has 25 heteroatoms. The minimum Gasteiger partial charge on any atom is -0.506 e. The monoisotopic (exact) mass is 933 g/mol. The largest absolute Gasteiger partial charge is 0.506 e. The predicted octanol–water partition coefficient (Wildman–Crippen LogP) is 7.14. The van der Waals surface area contributed by atoms with E-state index in [1.54, 1.807) is 4.90 Å². The first-order valence-corrected chi connectivity index (χ1v) is 18.9. The van der Waals surface area contributed by atoms with Crippen molar-refractivity contribution < 1.29 is 67.5 Å². The molecular formula is C37H42Cl3N5O17. The SMILES string of the molecule is COC(=O)c1cc(O)c(Cl)c([N+](=O)[O-])c1.COC(=O)c1cc(OC)c(Cl)c([N+](=O)[O-])c1.COC(=O)c1cc(OCCCN2CCN(C(=O)OC(C)(C)C)CC2)c(Cl)c([N+](=O)[O-])c1. The number of phenolic OH excluding ortho intramolecular Hbond substituents is 1. The van der Waals surface area contributed by atoms with E-state index >= 15 is 0 Å². The Balaban J connectivity index is 0.000000357. The molecule has 1 saturated heterocycles. The molecule has 0 unspecified atom stereocenters. The van der Waals surface area contributed by atoms with E-state index < -0.39 is 66.1 Å². The number of esters is 3. The number of halogens is 3. The zero-order valence-electron chi connectivity index (χ0n) is 34.3. The number of carbonyl (C=O) groups excluding carboxylic acids is 4. The van der Waals surface area contributed by atoms with Gasteiger partial charge in [-0.3, -0.25) is 35.2 Å². The molecule has 1 heterocycles. The van der Waals surface area contributed by atoms with Gasteiger partial charge in [-0.1, -0.05) is 34.8 Å². The molecule has 0 atom stereocenters. The Bertz CT molecular complexity index is 2160. The number of rotatable bonds is 12. The maximum Gasteiger partial charge on any atom is 0.410 e. The highest BCUT2D eigenvalue weighted by atomic mass is 35.5. The quantitative estimate of drug-likeness (QED) is 0.0620. The number of methoxy groups -OCH3 is 4. The topological polar surface area (TPSA) is 280 Å². The van der Waals surface area contributed by atoms with Crippen LogP contribution in [0.2, 0.25) is 15.1 Å². The van der Waals surface area contributed by atoms with Crippen LogP contribution in [0.25, 0.3) is 0 Å². The molecule has 0 spiro atoms. The molecule has 4 rings (SSSR count). The molecule has 1 fully saturated rings. The molecule has 0 bridgehead atoms. The lowest BCUT2D eigenvalue weighted by molar-refractivity contribution is -0.384. The number of amides is 1. The number of nitrogens with zero attached hydrogens (tertiary/aromatic N) is 5. The summed E-state index contributed by atoms with van der Waals surface area (Å²) in [4.78, 5) is 80.2. The maximum absolute atomic E-state index is 12.1.